The number of thiazole rings is 1. The lowest BCUT2D eigenvalue weighted by Gasteiger charge is -2.30. The molecule has 1 aliphatic heterocycles. The molecular weight excluding hydrogens is 692 g/mol. The molecule has 0 fully saturated rings. The Hall–Kier alpha value is -2.52. The lowest BCUT2D eigenvalue weighted by atomic mass is 9.83. The first-order valence-electron chi connectivity index (χ1n) is 12.1. The average Bonchev–Trinajstić information content (AvgIpc) is 3.22. The Bertz CT molecular complexity index is 1780. The summed E-state index contributed by atoms with van der Waals surface area (Å²) in [6, 6.07) is 20.4. The minimum absolute atomic E-state index is 0.0358. The summed E-state index contributed by atoms with van der Waals surface area (Å²) in [5.41, 5.74) is 6.59. The minimum Gasteiger partial charge on any atom is -0.487 e. The van der Waals surface area contributed by atoms with E-state index >= 15 is 0 Å². The van der Waals surface area contributed by atoms with Crippen molar-refractivity contribution < 1.29 is 4.74 Å². The van der Waals surface area contributed by atoms with Crippen LogP contribution >= 0.6 is 59.1 Å². The number of allylic oxidation sites excluding steroid dienone is 1. The number of fused-ring (bicyclic) bond motifs is 3. The predicted octanol–water partition coefficient (Wildman–Crippen LogP) is 7.17. The van der Waals surface area contributed by atoms with Gasteiger partial charge in [0, 0.05) is 10.0 Å². The summed E-state index contributed by atoms with van der Waals surface area (Å²) in [6.45, 7) is 4.11. The van der Waals surface area contributed by atoms with E-state index in [1.165, 1.54) is 22.5 Å². The Kier molecular flexibility index (Phi) is 7.16. The summed E-state index contributed by atoms with van der Waals surface area (Å²) < 4.78 is 10.9. The van der Waals surface area contributed by atoms with Crippen LogP contribution in [0.1, 0.15) is 34.7 Å². The molecule has 0 radical (unpaired) electrons. The number of halogens is 3. The number of hydrogen-bond acceptors (Lipinski definition) is 4. The van der Waals surface area contributed by atoms with E-state index in [0.717, 1.165) is 48.6 Å². The number of aryl methyl sites for hydroxylation is 1. The smallest absolute Gasteiger partial charge is 0.271 e. The second kappa shape index (κ2) is 10.6. The minimum atomic E-state index is -0.196. The van der Waals surface area contributed by atoms with Gasteiger partial charge in [0.1, 0.15) is 12.4 Å². The zero-order chi connectivity index (χ0) is 26.4. The maximum absolute atomic E-state index is 14.0. The molecule has 0 saturated carbocycles. The van der Waals surface area contributed by atoms with Gasteiger partial charge in [-0.1, -0.05) is 76.3 Å². The maximum atomic E-state index is 14.0. The average molecular weight is 713 g/mol. The highest BCUT2D eigenvalue weighted by Crippen LogP contribution is 2.41. The first kappa shape index (κ1) is 25.7. The molecule has 1 aromatic heterocycles. The van der Waals surface area contributed by atoms with E-state index in [1.54, 1.807) is 6.08 Å². The molecule has 8 heteroatoms. The molecule has 0 spiro atoms. The number of aromatic nitrogens is 1. The van der Waals surface area contributed by atoms with E-state index in [-0.39, 0.29) is 11.6 Å². The van der Waals surface area contributed by atoms with Crippen LogP contribution in [-0.2, 0) is 6.42 Å². The summed E-state index contributed by atoms with van der Waals surface area (Å²) >= 11 is 12.2. The first-order chi connectivity index (χ1) is 18.4. The zero-order valence-corrected chi connectivity index (χ0v) is 25.7. The molecule has 3 aromatic carbocycles. The second-order valence-electron chi connectivity index (χ2n) is 9.08. The fourth-order valence-electron chi connectivity index (χ4n) is 5.06. The Balaban J connectivity index is 1.55. The van der Waals surface area contributed by atoms with Crippen molar-refractivity contribution in [3.05, 3.63) is 134 Å². The molecule has 1 aliphatic carbocycles. The van der Waals surface area contributed by atoms with Crippen LogP contribution in [0.25, 0.3) is 11.8 Å². The van der Waals surface area contributed by atoms with Gasteiger partial charge in [0.2, 0.25) is 0 Å². The molecule has 2 heterocycles. The molecule has 0 bridgehead atoms. The second-order valence-corrected chi connectivity index (χ2v) is 12.7. The summed E-state index contributed by atoms with van der Waals surface area (Å²) in [5, 5.41) is 0. The predicted molar refractivity (Wildman–Crippen MR) is 164 cm³/mol. The number of rotatable bonds is 5. The highest BCUT2D eigenvalue weighted by atomic mass is 79.9. The van der Waals surface area contributed by atoms with Crippen LogP contribution in [0.4, 0.5) is 0 Å². The number of benzene rings is 3. The van der Waals surface area contributed by atoms with Gasteiger partial charge >= 0.3 is 0 Å². The van der Waals surface area contributed by atoms with Crippen LogP contribution < -0.4 is 19.6 Å². The van der Waals surface area contributed by atoms with E-state index < -0.39 is 0 Å². The van der Waals surface area contributed by atoms with Gasteiger partial charge in [-0.15, -0.1) is 0 Å². The van der Waals surface area contributed by atoms with Gasteiger partial charge in [-0.2, -0.15) is 0 Å². The fourth-order valence-corrected chi connectivity index (χ4v) is 7.78. The van der Waals surface area contributed by atoms with Gasteiger partial charge < -0.3 is 4.74 Å². The van der Waals surface area contributed by atoms with Crippen LogP contribution in [0.5, 0.6) is 5.75 Å². The zero-order valence-electron chi connectivity index (χ0n) is 20.1. The fraction of sp³-hybridized carbons (Fsp3) is 0.133. The van der Waals surface area contributed by atoms with Crippen LogP contribution in [-0.4, -0.2) is 11.2 Å². The van der Waals surface area contributed by atoms with Gasteiger partial charge in [-0.05, 0) is 97.3 Å². The Labute approximate surface area is 249 Å². The molecule has 190 valence electrons. The largest absolute Gasteiger partial charge is 0.487 e. The molecule has 1 atom stereocenters. The van der Waals surface area contributed by atoms with Crippen molar-refractivity contribution in [1.82, 2.24) is 4.57 Å². The first-order valence-corrected chi connectivity index (χ1v) is 15.3. The van der Waals surface area contributed by atoms with Crippen LogP contribution in [0.2, 0.25) is 0 Å². The number of hydrogen-bond donors (Lipinski definition) is 0. The molecule has 0 amide bonds. The lowest BCUT2D eigenvalue weighted by molar-refractivity contribution is 0.358. The monoisotopic (exact) mass is 710 g/mol. The van der Waals surface area contributed by atoms with Crippen molar-refractivity contribution in [3.63, 3.8) is 0 Å². The van der Waals surface area contributed by atoms with E-state index in [2.05, 4.69) is 90.8 Å². The molecule has 38 heavy (non-hydrogen) atoms. The normalized spacial score (nSPS) is 16.4. The molecule has 4 nitrogen and oxygen atoms in total. The third-order valence-corrected chi connectivity index (χ3v) is 9.41. The summed E-state index contributed by atoms with van der Waals surface area (Å²) in [5.74, 6) is 0.699. The van der Waals surface area contributed by atoms with Crippen molar-refractivity contribution in [2.24, 2.45) is 4.99 Å². The molecular formula is C30H21Br3N2O2S. The molecule has 4 aromatic rings. The third kappa shape index (κ3) is 4.62. The molecule has 6 rings (SSSR count). The van der Waals surface area contributed by atoms with Crippen molar-refractivity contribution in [3.8, 4) is 5.75 Å². The van der Waals surface area contributed by atoms with Gasteiger partial charge in [0.25, 0.3) is 5.56 Å². The highest BCUT2D eigenvalue weighted by molar-refractivity contribution is 9.11. The quantitative estimate of drug-likeness (QED) is 0.206. The standard InChI is InChI=1S/C30H21Br3N2O2S/c1-2-13-37-28-23(32)14-17(15-24(28)33)16-25-29(36)35-27(19-7-10-20(31)11-8-19)22-12-9-18-5-3-4-6-21(18)26(22)34-30(35)38-25/h2-8,10-11,14-16,27H,1,9,12-13H2/t27-/m0/s1. The van der Waals surface area contributed by atoms with E-state index in [4.69, 9.17) is 9.73 Å². The van der Waals surface area contributed by atoms with E-state index in [0.29, 0.717) is 21.7 Å². The van der Waals surface area contributed by atoms with E-state index in [1.807, 2.05) is 34.9 Å². The van der Waals surface area contributed by atoms with Gasteiger partial charge in [-0.25, -0.2) is 4.99 Å². The van der Waals surface area contributed by atoms with Crippen molar-refractivity contribution in [2.45, 2.75) is 18.9 Å². The Morgan fingerprint density at radius 1 is 1.05 bits per heavy atom. The Morgan fingerprint density at radius 2 is 1.79 bits per heavy atom. The third-order valence-electron chi connectivity index (χ3n) is 6.72. The maximum Gasteiger partial charge on any atom is 0.271 e. The highest BCUT2D eigenvalue weighted by Gasteiger charge is 2.32. The van der Waals surface area contributed by atoms with Crippen LogP contribution in [0, 0.1) is 0 Å². The van der Waals surface area contributed by atoms with Gasteiger partial charge in [0.05, 0.1) is 25.2 Å². The lowest BCUT2D eigenvalue weighted by Crippen LogP contribution is -2.38. The molecule has 0 saturated heterocycles. The van der Waals surface area contributed by atoms with Gasteiger partial charge in [0.15, 0.2) is 4.80 Å². The summed E-state index contributed by atoms with van der Waals surface area (Å²) in [4.78, 5) is 19.8. The van der Waals surface area contributed by atoms with Crippen molar-refractivity contribution in [2.75, 3.05) is 6.61 Å². The topological polar surface area (TPSA) is 43.6 Å². The number of ether oxygens (including phenoxy) is 1. The SMILES string of the molecule is C=CCOc1c(Br)cc(C=c2sc3n(c2=O)[C@@H](c2ccc(Br)cc2)C2=C(N=3)c3ccccc3CC2)cc1Br. The van der Waals surface area contributed by atoms with Crippen LogP contribution in [0.15, 0.2) is 102 Å². The van der Waals surface area contributed by atoms with Crippen molar-refractivity contribution in [1.29, 1.82) is 0 Å². The van der Waals surface area contributed by atoms with E-state index in [9.17, 15) is 4.79 Å². The van der Waals surface area contributed by atoms with Crippen LogP contribution in [0.3, 0.4) is 0 Å². The summed E-state index contributed by atoms with van der Waals surface area (Å²) in [7, 11) is 0. The molecule has 2 aliphatic rings. The Morgan fingerprint density at radius 3 is 2.53 bits per heavy atom. The summed E-state index contributed by atoms with van der Waals surface area (Å²) in [6.07, 6.45) is 5.43. The molecule has 0 N–H and O–H groups in total. The molecule has 0 unspecified atom stereocenters. The number of nitrogens with zero attached hydrogens (tertiary/aromatic N) is 2. The van der Waals surface area contributed by atoms with Crippen molar-refractivity contribution >= 4 is 70.9 Å². The van der Waals surface area contributed by atoms with Gasteiger partial charge in [-0.3, -0.25) is 9.36 Å².